The zero-order valence-electron chi connectivity index (χ0n) is 12.2. The summed E-state index contributed by atoms with van der Waals surface area (Å²) in [5.41, 5.74) is -0.835. The first kappa shape index (κ1) is 18.8. The molecule has 3 unspecified atom stereocenters. The van der Waals surface area contributed by atoms with E-state index in [0.717, 1.165) is 25.7 Å². The van der Waals surface area contributed by atoms with Crippen molar-refractivity contribution < 1.29 is 25.2 Å². The molecule has 0 aliphatic rings. The minimum atomic E-state index is -0.968. The van der Waals surface area contributed by atoms with Gasteiger partial charge in [0.25, 0.3) is 0 Å². The van der Waals surface area contributed by atoms with Gasteiger partial charge < -0.3 is 25.2 Å². The standard InChI is InChI=1S/C14H30O5/c1-3-5-6-7-8-14(4-2,13(18)10-16)19-11-12(17)9-15/h12-13,15-18H,3-11H2,1-2H3. The molecule has 0 aromatic carbocycles. The lowest BCUT2D eigenvalue weighted by Crippen LogP contribution is -2.48. The minimum absolute atomic E-state index is 0.0326. The molecule has 0 aromatic heterocycles. The van der Waals surface area contributed by atoms with Crippen LogP contribution in [0.2, 0.25) is 0 Å². The summed E-state index contributed by atoms with van der Waals surface area (Å²) in [6.07, 6.45) is 3.51. The Morgan fingerprint density at radius 1 is 1.00 bits per heavy atom. The molecule has 4 N–H and O–H groups in total. The van der Waals surface area contributed by atoms with Gasteiger partial charge in [0.1, 0.15) is 12.2 Å². The second kappa shape index (κ2) is 10.6. The Balaban J connectivity index is 4.49. The van der Waals surface area contributed by atoms with Crippen molar-refractivity contribution in [1.29, 1.82) is 0 Å². The van der Waals surface area contributed by atoms with E-state index in [4.69, 9.17) is 9.84 Å². The van der Waals surface area contributed by atoms with Crippen LogP contribution in [0.1, 0.15) is 52.4 Å². The van der Waals surface area contributed by atoms with E-state index in [-0.39, 0.29) is 19.8 Å². The minimum Gasteiger partial charge on any atom is -0.394 e. The summed E-state index contributed by atoms with van der Waals surface area (Å²) in [6, 6.07) is 0. The van der Waals surface area contributed by atoms with Gasteiger partial charge in [-0.3, -0.25) is 0 Å². The van der Waals surface area contributed by atoms with Gasteiger partial charge in [0.2, 0.25) is 0 Å². The molecule has 0 spiro atoms. The normalized spacial score (nSPS) is 18.0. The van der Waals surface area contributed by atoms with Crippen LogP contribution >= 0.6 is 0 Å². The van der Waals surface area contributed by atoms with Crippen LogP contribution in [-0.4, -0.2) is 58.1 Å². The summed E-state index contributed by atoms with van der Waals surface area (Å²) in [4.78, 5) is 0. The summed E-state index contributed by atoms with van der Waals surface area (Å²) in [5, 5.41) is 37.3. The Morgan fingerprint density at radius 2 is 1.68 bits per heavy atom. The van der Waals surface area contributed by atoms with Crippen LogP contribution < -0.4 is 0 Å². The average Bonchev–Trinajstić information content (AvgIpc) is 2.45. The Bertz CT molecular complexity index is 212. The number of ether oxygens (including phenoxy) is 1. The Kier molecular flexibility index (Phi) is 10.5. The van der Waals surface area contributed by atoms with Crippen LogP contribution in [0.5, 0.6) is 0 Å². The van der Waals surface area contributed by atoms with Crippen LogP contribution in [0.25, 0.3) is 0 Å². The molecule has 3 atom stereocenters. The average molecular weight is 278 g/mol. The molecule has 0 amide bonds. The van der Waals surface area contributed by atoms with Crippen LogP contribution in [0, 0.1) is 0 Å². The first-order valence-electron chi connectivity index (χ1n) is 7.28. The van der Waals surface area contributed by atoms with Gasteiger partial charge in [0, 0.05) is 0 Å². The van der Waals surface area contributed by atoms with Crippen molar-refractivity contribution in [3.05, 3.63) is 0 Å². The molecule has 5 nitrogen and oxygen atoms in total. The van der Waals surface area contributed by atoms with Crippen molar-refractivity contribution in [2.75, 3.05) is 19.8 Å². The molecule has 0 aromatic rings. The van der Waals surface area contributed by atoms with E-state index in [0.29, 0.717) is 12.8 Å². The maximum absolute atomic E-state index is 9.99. The molecule has 0 aliphatic carbocycles. The number of rotatable bonds is 12. The van der Waals surface area contributed by atoms with Crippen molar-refractivity contribution in [3.63, 3.8) is 0 Å². The second-order valence-corrected chi connectivity index (χ2v) is 5.07. The Morgan fingerprint density at radius 3 is 2.16 bits per heavy atom. The monoisotopic (exact) mass is 278 g/mol. The lowest BCUT2D eigenvalue weighted by atomic mass is 9.87. The van der Waals surface area contributed by atoms with E-state index >= 15 is 0 Å². The van der Waals surface area contributed by atoms with Crippen molar-refractivity contribution in [3.8, 4) is 0 Å². The molecule has 5 heteroatoms. The number of unbranched alkanes of at least 4 members (excludes halogenated alkanes) is 3. The smallest absolute Gasteiger partial charge is 0.106 e. The van der Waals surface area contributed by atoms with Crippen LogP contribution in [0.3, 0.4) is 0 Å². The Labute approximate surface area is 116 Å². The lowest BCUT2D eigenvalue weighted by Gasteiger charge is -2.37. The number of aliphatic hydroxyl groups excluding tert-OH is 4. The van der Waals surface area contributed by atoms with Gasteiger partial charge in [-0.15, -0.1) is 0 Å². The maximum Gasteiger partial charge on any atom is 0.106 e. The predicted octanol–water partition coefficient (Wildman–Crippen LogP) is 0.829. The van der Waals surface area contributed by atoms with E-state index in [9.17, 15) is 15.3 Å². The number of aliphatic hydroxyl groups is 4. The largest absolute Gasteiger partial charge is 0.394 e. The fraction of sp³-hybridized carbons (Fsp3) is 1.00. The highest BCUT2D eigenvalue weighted by Gasteiger charge is 2.37. The molecule has 0 aliphatic heterocycles. The molecule has 19 heavy (non-hydrogen) atoms. The zero-order chi connectivity index (χ0) is 14.7. The molecule has 0 saturated heterocycles. The first-order valence-corrected chi connectivity index (χ1v) is 7.28. The van der Waals surface area contributed by atoms with E-state index in [2.05, 4.69) is 6.92 Å². The van der Waals surface area contributed by atoms with E-state index in [1.165, 1.54) is 0 Å². The van der Waals surface area contributed by atoms with Crippen molar-refractivity contribution in [1.82, 2.24) is 0 Å². The van der Waals surface area contributed by atoms with Crippen molar-refractivity contribution >= 4 is 0 Å². The highest BCUT2D eigenvalue weighted by Crippen LogP contribution is 2.28. The molecular weight excluding hydrogens is 248 g/mol. The van der Waals surface area contributed by atoms with Crippen LogP contribution in [0.15, 0.2) is 0 Å². The molecular formula is C14H30O5. The van der Waals surface area contributed by atoms with Crippen LogP contribution in [0.4, 0.5) is 0 Å². The highest BCUT2D eigenvalue weighted by molar-refractivity contribution is 4.87. The van der Waals surface area contributed by atoms with Gasteiger partial charge in [-0.1, -0.05) is 39.5 Å². The SMILES string of the molecule is CCCCCCC(CC)(OCC(O)CO)C(O)CO. The number of hydrogen-bond acceptors (Lipinski definition) is 5. The lowest BCUT2D eigenvalue weighted by molar-refractivity contribution is -0.162. The first-order chi connectivity index (χ1) is 9.06. The quantitative estimate of drug-likeness (QED) is 0.397. The summed E-state index contributed by atoms with van der Waals surface area (Å²) < 4.78 is 5.64. The summed E-state index contributed by atoms with van der Waals surface area (Å²) in [5.74, 6) is 0. The predicted molar refractivity (Wildman–Crippen MR) is 73.9 cm³/mol. The maximum atomic E-state index is 9.99. The van der Waals surface area contributed by atoms with E-state index in [1.807, 2.05) is 6.92 Å². The fourth-order valence-electron chi connectivity index (χ4n) is 2.18. The third-order valence-corrected chi connectivity index (χ3v) is 3.61. The highest BCUT2D eigenvalue weighted by atomic mass is 16.5. The molecule has 0 radical (unpaired) electrons. The van der Waals surface area contributed by atoms with Gasteiger partial charge in [0.05, 0.1) is 25.4 Å². The molecule has 0 fully saturated rings. The van der Waals surface area contributed by atoms with E-state index < -0.39 is 17.8 Å². The molecule has 116 valence electrons. The summed E-state index contributed by atoms with van der Waals surface area (Å²) in [7, 11) is 0. The zero-order valence-corrected chi connectivity index (χ0v) is 12.2. The van der Waals surface area contributed by atoms with Gasteiger partial charge in [0.15, 0.2) is 0 Å². The van der Waals surface area contributed by atoms with Gasteiger partial charge in [-0.05, 0) is 12.8 Å². The molecule has 0 rings (SSSR count). The van der Waals surface area contributed by atoms with Crippen LogP contribution in [-0.2, 0) is 4.74 Å². The summed E-state index contributed by atoms with van der Waals surface area (Å²) >= 11 is 0. The van der Waals surface area contributed by atoms with E-state index in [1.54, 1.807) is 0 Å². The third-order valence-electron chi connectivity index (χ3n) is 3.61. The Hall–Kier alpha value is -0.200. The van der Waals surface area contributed by atoms with Gasteiger partial charge in [-0.2, -0.15) is 0 Å². The van der Waals surface area contributed by atoms with Crippen molar-refractivity contribution in [2.45, 2.75) is 70.2 Å². The fourth-order valence-corrected chi connectivity index (χ4v) is 2.18. The number of hydrogen-bond donors (Lipinski definition) is 4. The van der Waals surface area contributed by atoms with Gasteiger partial charge in [-0.25, -0.2) is 0 Å². The molecule has 0 bridgehead atoms. The summed E-state index contributed by atoms with van der Waals surface area (Å²) in [6.45, 7) is 3.25. The van der Waals surface area contributed by atoms with Gasteiger partial charge >= 0.3 is 0 Å². The topological polar surface area (TPSA) is 90.2 Å². The molecule has 0 heterocycles. The van der Waals surface area contributed by atoms with Crippen molar-refractivity contribution in [2.24, 2.45) is 0 Å². The second-order valence-electron chi connectivity index (χ2n) is 5.07. The molecule has 0 saturated carbocycles. The third kappa shape index (κ3) is 6.68.